The van der Waals surface area contributed by atoms with Crippen LogP contribution in [-0.4, -0.2) is 33.0 Å². The maximum atomic E-state index is 11.8. The molecule has 0 saturated heterocycles. The number of thiophene rings is 1. The molecule has 0 aliphatic heterocycles. The van der Waals surface area contributed by atoms with Gasteiger partial charge in [-0.05, 0) is 42.1 Å². The van der Waals surface area contributed by atoms with E-state index < -0.39 is 9.84 Å². The quantitative estimate of drug-likeness (QED) is 0.736. The molecule has 128 valence electrons. The Hall–Kier alpha value is -2.19. The van der Waals surface area contributed by atoms with Crippen molar-refractivity contribution in [3.8, 4) is 0 Å². The Bertz CT molecular complexity index is 797. The molecule has 0 bridgehead atoms. The van der Waals surface area contributed by atoms with Crippen LogP contribution in [0.25, 0.3) is 0 Å². The van der Waals surface area contributed by atoms with Crippen LogP contribution in [0.3, 0.4) is 0 Å². The maximum Gasteiger partial charge on any atom is 0.261 e. The van der Waals surface area contributed by atoms with E-state index in [0.717, 1.165) is 6.26 Å². The number of rotatable bonds is 7. The molecule has 2 N–H and O–H groups in total. The molecule has 0 radical (unpaired) electrons. The van der Waals surface area contributed by atoms with Crippen molar-refractivity contribution in [2.24, 2.45) is 0 Å². The normalized spacial score (nSPS) is 11.0. The van der Waals surface area contributed by atoms with Crippen molar-refractivity contribution in [2.45, 2.75) is 17.7 Å². The van der Waals surface area contributed by atoms with E-state index in [9.17, 15) is 18.0 Å². The standard InChI is InChI=1S/C16H18N2O4S2/c1-24(21,22)13-8-6-12(7-9-13)18-15(19)5-2-10-17-16(20)14-4-3-11-23-14/h3-4,6-9,11H,2,5,10H2,1H3,(H,17,20)(H,18,19). The molecular formula is C16H18N2O4S2. The van der Waals surface area contributed by atoms with Gasteiger partial charge in [-0.15, -0.1) is 11.3 Å². The maximum absolute atomic E-state index is 11.8. The zero-order chi connectivity index (χ0) is 17.6. The third kappa shape index (κ3) is 5.47. The van der Waals surface area contributed by atoms with E-state index in [0.29, 0.717) is 23.5 Å². The lowest BCUT2D eigenvalue weighted by molar-refractivity contribution is -0.116. The van der Waals surface area contributed by atoms with E-state index in [4.69, 9.17) is 0 Å². The highest BCUT2D eigenvalue weighted by Crippen LogP contribution is 2.14. The first-order valence-corrected chi connectivity index (χ1v) is 10.0. The largest absolute Gasteiger partial charge is 0.351 e. The number of amides is 2. The smallest absolute Gasteiger partial charge is 0.261 e. The fraction of sp³-hybridized carbons (Fsp3) is 0.250. The molecule has 0 saturated carbocycles. The van der Waals surface area contributed by atoms with Crippen LogP contribution in [0.1, 0.15) is 22.5 Å². The second-order valence-electron chi connectivity index (χ2n) is 5.18. The lowest BCUT2D eigenvalue weighted by Crippen LogP contribution is -2.24. The van der Waals surface area contributed by atoms with Crippen LogP contribution in [0.4, 0.5) is 5.69 Å². The van der Waals surface area contributed by atoms with E-state index in [1.54, 1.807) is 18.2 Å². The van der Waals surface area contributed by atoms with Crippen molar-refractivity contribution in [1.29, 1.82) is 0 Å². The fourth-order valence-corrected chi connectivity index (χ4v) is 3.23. The summed E-state index contributed by atoms with van der Waals surface area (Å²) in [5.41, 5.74) is 0.537. The molecule has 0 aliphatic carbocycles. The van der Waals surface area contributed by atoms with Gasteiger partial charge in [0.15, 0.2) is 9.84 Å². The van der Waals surface area contributed by atoms with Crippen LogP contribution in [0.2, 0.25) is 0 Å². The van der Waals surface area contributed by atoms with E-state index in [1.807, 2.05) is 11.4 Å². The summed E-state index contributed by atoms with van der Waals surface area (Å²) < 4.78 is 22.7. The first kappa shape index (κ1) is 18.2. The molecule has 1 heterocycles. The van der Waals surface area contributed by atoms with Gasteiger partial charge < -0.3 is 10.6 Å². The Balaban J connectivity index is 1.72. The van der Waals surface area contributed by atoms with Gasteiger partial charge in [-0.2, -0.15) is 0 Å². The molecule has 8 heteroatoms. The first-order valence-electron chi connectivity index (χ1n) is 7.28. The minimum absolute atomic E-state index is 0.137. The number of sulfone groups is 1. The van der Waals surface area contributed by atoms with Crippen molar-refractivity contribution in [1.82, 2.24) is 5.32 Å². The molecular weight excluding hydrogens is 348 g/mol. The zero-order valence-corrected chi connectivity index (χ0v) is 14.7. The highest BCUT2D eigenvalue weighted by Gasteiger charge is 2.08. The molecule has 0 unspecified atom stereocenters. The highest BCUT2D eigenvalue weighted by atomic mass is 32.2. The van der Waals surface area contributed by atoms with Crippen molar-refractivity contribution < 1.29 is 18.0 Å². The molecule has 24 heavy (non-hydrogen) atoms. The minimum atomic E-state index is -3.24. The van der Waals surface area contributed by atoms with Gasteiger partial charge in [-0.1, -0.05) is 6.07 Å². The Labute approximate surface area is 144 Å². The molecule has 2 aromatic rings. The number of hydrogen-bond acceptors (Lipinski definition) is 5. The monoisotopic (exact) mass is 366 g/mol. The van der Waals surface area contributed by atoms with Gasteiger partial charge in [-0.3, -0.25) is 9.59 Å². The first-order chi connectivity index (χ1) is 11.4. The Morgan fingerprint density at radius 2 is 1.83 bits per heavy atom. The van der Waals surface area contributed by atoms with Crippen LogP contribution in [0, 0.1) is 0 Å². The van der Waals surface area contributed by atoms with E-state index >= 15 is 0 Å². The summed E-state index contributed by atoms with van der Waals surface area (Å²) in [5.74, 6) is -0.325. The van der Waals surface area contributed by atoms with Crippen molar-refractivity contribution in [2.75, 3.05) is 18.1 Å². The lowest BCUT2D eigenvalue weighted by atomic mass is 10.2. The Kier molecular flexibility index (Phi) is 6.10. The third-order valence-corrected chi connectivity index (χ3v) is 5.17. The number of carbonyl (C=O) groups is 2. The lowest BCUT2D eigenvalue weighted by Gasteiger charge is -2.07. The summed E-state index contributed by atoms with van der Waals surface area (Å²) in [4.78, 5) is 24.4. The van der Waals surface area contributed by atoms with Crippen LogP contribution >= 0.6 is 11.3 Å². The average Bonchev–Trinajstić information content (AvgIpc) is 3.05. The van der Waals surface area contributed by atoms with Gasteiger partial charge in [0, 0.05) is 24.9 Å². The van der Waals surface area contributed by atoms with Gasteiger partial charge in [0.05, 0.1) is 9.77 Å². The predicted octanol–water partition coefficient (Wildman–Crippen LogP) is 2.30. The summed E-state index contributed by atoms with van der Waals surface area (Å²) in [7, 11) is -3.24. The van der Waals surface area contributed by atoms with Gasteiger partial charge in [-0.25, -0.2) is 8.42 Å². The number of carbonyl (C=O) groups excluding carboxylic acids is 2. The minimum Gasteiger partial charge on any atom is -0.351 e. The van der Waals surface area contributed by atoms with Crippen molar-refractivity contribution in [3.05, 3.63) is 46.7 Å². The van der Waals surface area contributed by atoms with Crippen molar-refractivity contribution >= 4 is 38.7 Å². The number of nitrogens with one attached hydrogen (secondary N) is 2. The highest BCUT2D eigenvalue weighted by molar-refractivity contribution is 7.90. The van der Waals surface area contributed by atoms with Gasteiger partial charge in [0.1, 0.15) is 0 Å². The van der Waals surface area contributed by atoms with Crippen LogP contribution < -0.4 is 10.6 Å². The molecule has 6 nitrogen and oxygen atoms in total. The summed E-state index contributed by atoms with van der Waals surface area (Å²) in [5, 5.41) is 7.28. The molecule has 2 amide bonds. The number of hydrogen-bond donors (Lipinski definition) is 2. The fourth-order valence-electron chi connectivity index (χ4n) is 1.95. The molecule has 1 aromatic carbocycles. The van der Waals surface area contributed by atoms with Crippen LogP contribution in [0.5, 0.6) is 0 Å². The van der Waals surface area contributed by atoms with E-state index in [1.165, 1.54) is 23.5 Å². The van der Waals surface area contributed by atoms with Gasteiger partial charge in [0.25, 0.3) is 5.91 Å². The van der Waals surface area contributed by atoms with Crippen LogP contribution in [-0.2, 0) is 14.6 Å². The topological polar surface area (TPSA) is 92.3 Å². The second kappa shape index (κ2) is 8.07. The summed E-state index contributed by atoms with van der Waals surface area (Å²) in [6.45, 7) is 0.414. The van der Waals surface area contributed by atoms with E-state index in [2.05, 4.69) is 10.6 Å². The van der Waals surface area contributed by atoms with Crippen LogP contribution in [0.15, 0.2) is 46.7 Å². The molecule has 0 fully saturated rings. The summed E-state index contributed by atoms with van der Waals surface area (Å²) in [6.07, 6.45) is 1.91. The Morgan fingerprint density at radius 3 is 2.42 bits per heavy atom. The van der Waals surface area contributed by atoms with E-state index in [-0.39, 0.29) is 23.1 Å². The molecule has 1 aromatic heterocycles. The average molecular weight is 366 g/mol. The third-order valence-electron chi connectivity index (χ3n) is 3.18. The molecule has 0 atom stereocenters. The molecule has 0 spiro atoms. The summed E-state index contributed by atoms with van der Waals surface area (Å²) >= 11 is 1.37. The molecule has 0 aliphatic rings. The van der Waals surface area contributed by atoms with Gasteiger partial charge >= 0.3 is 0 Å². The second-order valence-corrected chi connectivity index (χ2v) is 8.14. The van der Waals surface area contributed by atoms with Gasteiger partial charge in [0.2, 0.25) is 5.91 Å². The number of anilines is 1. The SMILES string of the molecule is CS(=O)(=O)c1ccc(NC(=O)CCCNC(=O)c2cccs2)cc1. The predicted molar refractivity (Wildman–Crippen MR) is 94.1 cm³/mol. The number of benzene rings is 1. The summed E-state index contributed by atoms with van der Waals surface area (Å²) in [6, 6.07) is 9.55. The Morgan fingerprint density at radius 1 is 1.12 bits per heavy atom. The zero-order valence-electron chi connectivity index (χ0n) is 13.1. The van der Waals surface area contributed by atoms with Crippen molar-refractivity contribution in [3.63, 3.8) is 0 Å². The molecule has 2 rings (SSSR count).